The van der Waals surface area contributed by atoms with Crippen molar-refractivity contribution in [2.24, 2.45) is 39.0 Å². The number of rotatable bonds is 18. The van der Waals surface area contributed by atoms with Crippen LogP contribution in [0.3, 0.4) is 0 Å². The van der Waals surface area contributed by atoms with Crippen LogP contribution in [0.15, 0.2) is 129 Å². The van der Waals surface area contributed by atoms with Crippen molar-refractivity contribution in [3.8, 4) is 56.5 Å². The third kappa shape index (κ3) is 13.2. The molecule has 7 fully saturated rings. The number of hydrogen-bond donors (Lipinski definition) is 2. The van der Waals surface area contributed by atoms with E-state index in [0.29, 0.717) is 181 Å². The molecule has 34 heteroatoms. The Balaban J connectivity index is 0.537. The number of alkyl halides is 4. The number of piperidine rings is 5. The molecule has 2 N–H and O–H groups in total. The molecule has 3 unspecified atom stereocenters. The monoisotopic (exact) mass is 1650 g/mol. The molecular weight excluding hydrogens is 1560 g/mol. The van der Waals surface area contributed by atoms with Gasteiger partial charge in [0.05, 0.1) is 133 Å². The molecule has 4 aromatic carbocycles. The smallest absolute Gasteiger partial charge is 0.329 e. The SMILES string of the molecule is COc1cc(-c2cn(C)c(=O)c3cnc(-c4cnn(CC5CN(c6cc7c(-c8cc(OC)c(CN9CCC%10(CN(c%11cccc%12c%11n(C)c(=O)n%12C%11CCC(=O)NC%11=O)C%10)C(F)(F)C9)c(OC)c8)cn(C)c(=O)c7cn6)CCO5)c4)cc23)cc(OC)c1CN1CCC2(CCN(c3cccc4c3n(C)c(=O)n4C3CCC(=O)NC3=O)CC2)C(F)(F)C1. The van der Waals surface area contributed by atoms with Gasteiger partial charge in [0.25, 0.3) is 23.0 Å². The third-order valence-electron chi connectivity index (χ3n) is 26.3. The molecule has 3 atom stereocenters. The molecule has 7 aliphatic heterocycles. The van der Waals surface area contributed by atoms with Crippen molar-refractivity contribution in [1.82, 2.24) is 67.6 Å². The molecule has 14 heterocycles. The lowest BCUT2D eigenvalue weighted by Crippen LogP contribution is -2.70. The number of benzene rings is 4. The van der Waals surface area contributed by atoms with E-state index in [0.717, 1.165) is 0 Å². The Hall–Kier alpha value is -12.2. The third-order valence-corrected chi connectivity index (χ3v) is 26.3. The Bertz CT molecular complexity index is 6280. The zero-order chi connectivity index (χ0) is 83.9. The first-order valence-corrected chi connectivity index (χ1v) is 40.3. The molecule has 4 amide bonds. The summed E-state index contributed by atoms with van der Waals surface area (Å²) in [6.07, 6.45) is 11.2. The molecule has 7 saturated heterocycles. The highest BCUT2D eigenvalue weighted by molar-refractivity contribution is 6.03. The number of para-hydroxylation sites is 2. The highest BCUT2D eigenvalue weighted by atomic mass is 19.3. The van der Waals surface area contributed by atoms with Gasteiger partial charge in [-0.2, -0.15) is 5.10 Å². The number of aromatic nitrogens is 10. The number of nitrogens with zero attached hydrogens (tertiary/aromatic N) is 15. The average molecular weight is 1650 g/mol. The standard InChI is InChI=1S/C86H91F4N17O13/c1-96-41-57(49-29-68(116-5)59(69(30-49)117-6)43-100-23-19-83(85(87,88)47-100)21-25-102(26-22-83)62-11-9-13-64-75(62)98(3)81(114)106(64)66-15-17-73(108)94-77(66)110)53-33-61(91-36-55(53)79(96)112)51-35-93-105(38-51)40-52-39-103(27-28-120-52)72-34-54-56(37-92-72)80(113)97(2)42-58(54)50-31-70(118-7)60(71(32-50)119-8)44-101-24-20-84(86(89,90)48-101)45-104(46-84)63-12-10-14-65-76(63)99(4)82(115)107(65)67-16-18-74(109)95-78(67)111/h9-14,29-38,41-42,52,66-67H,15-28,39-40,43-48H2,1-8H3,(H,94,108,110)(H,95,109,111). The number of aryl methyl sites for hydroxylation is 4. The van der Waals surface area contributed by atoms with E-state index >= 15 is 17.6 Å². The summed E-state index contributed by atoms with van der Waals surface area (Å²) >= 11 is 0. The Morgan fingerprint density at radius 3 is 1.48 bits per heavy atom. The number of likely N-dealkylation sites (tertiary alicyclic amines) is 2. The lowest BCUT2D eigenvalue weighted by atomic mass is 9.68. The van der Waals surface area contributed by atoms with Gasteiger partial charge < -0.3 is 47.5 Å². The van der Waals surface area contributed by atoms with Gasteiger partial charge in [-0.1, -0.05) is 12.1 Å². The van der Waals surface area contributed by atoms with E-state index in [1.807, 2.05) is 58.5 Å². The molecule has 626 valence electrons. The first-order chi connectivity index (χ1) is 57.6. The Kier molecular flexibility index (Phi) is 19.7. The molecular formula is C86H91F4N17O13. The van der Waals surface area contributed by atoms with Crippen LogP contribution >= 0.6 is 0 Å². The van der Waals surface area contributed by atoms with Gasteiger partial charge in [0.1, 0.15) is 40.9 Å². The quantitative estimate of drug-likeness (QED) is 0.0606. The second-order valence-electron chi connectivity index (χ2n) is 33.1. The number of methoxy groups -OCH3 is 4. The van der Waals surface area contributed by atoms with Gasteiger partial charge in [-0.25, -0.2) is 32.1 Å². The van der Waals surface area contributed by atoms with Crippen LogP contribution in [0.2, 0.25) is 0 Å². The van der Waals surface area contributed by atoms with E-state index in [9.17, 15) is 38.4 Å². The average Bonchev–Trinajstić information content (AvgIpc) is 1.16. The van der Waals surface area contributed by atoms with Gasteiger partial charge in [0, 0.05) is 157 Å². The van der Waals surface area contributed by atoms with Crippen molar-refractivity contribution in [2.75, 3.05) is 115 Å². The summed E-state index contributed by atoms with van der Waals surface area (Å²) in [5.74, 6) is -5.87. The molecule has 18 rings (SSSR count). The summed E-state index contributed by atoms with van der Waals surface area (Å²) in [5, 5.41) is 11.3. The lowest BCUT2D eigenvalue weighted by molar-refractivity contribution is -0.181. The van der Waals surface area contributed by atoms with Crippen molar-refractivity contribution in [1.29, 1.82) is 0 Å². The minimum atomic E-state index is -3.12. The lowest BCUT2D eigenvalue weighted by Gasteiger charge is -2.58. The molecule has 0 aliphatic carbocycles. The first kappa shape index (κ1) is 79.0. The number of carbonyl (C=O) groups excluding carboxylic acids is 4. The minimum Gasteiger partial charge on any atom is -0.496 e. The number of ether oxygens (including phenoxy) is 5. The van der Waals surface area contributed by atoms with Gasteiger partial charge in [0.15, 0.2) is 0 Å². The maximum atomic E-state index is 17.1. The van der Waals surface area contributed by atoms with Crippen LogP contribution in [0.1, 0.15) is 74.6 Å². The summed E-state index contributed by atoms with van der Waals surface area (Å²) in [7, 11) is 12.6. The first-order valence-electron chi connectivity index (χ1n) is 40.3. The van der Waals surface area contributed by atoms with Crippen LogP contribution in [0.4, 0.5) is 34.8 Å². The van der Waals surface area contributed by atoms with Crippen LogP contribution in [0.5, 0.6) is 23.0 Å². The van der Waals surface area contributed by atoms with Crippen LogP contribution in [0.25, 0.3) is 77.1 Å². The van der Waals surface area contributed by atoms with Crippen LogP contribution in [-0.4, -0.2) is 199 Å². The van der Waals surface area contributed by atoms with Crippen molar-refractivity contribution in [2.45, 2.75) is 101 Å². The van der Waals surface area contributed by atoms with Gasteiger partial charge in [-0.05, 0) is 123 Å². The highest BCUT2D eigenvalue weighted by Crippen LogP contribution is 2.55. The van der Waals surface area contributed by atoms with Crippen molar-refractivity contribution in [3.05, 3.63) is 163 Å². The molecule has 30 nitrogen and oxygen atoms in total. The predicted molar refractivity (Wildman–Crippen MR) is 440 cm³/mol. The summed E-state index contributed by atoms with van der Waals surface area (Å²) in [5.41, 5.74) is 4.40. The Labute approximate surface area is 683 Å². The van der Waals surface area contributed by atoms with E-state index in [1.54, 1.807) is 104 Å². The number of imide groups is 2. The van der Waals surface area contributed by atoms with E-state index in [2.05, 4.69) is 15.5 Å². The molecule has 0 saturated carbocycles. The predicted octanol–water partition coefficient (Wildman–Crippen LogP) is 8.06. The van der Waals surface area contributed by atoms with Crippen molar-refractivity contribution in [3.63, 3.8) is 0 Å². The van der Waals surface area contributed by atoms with Gasteiger partial charge in [-0.3, -0.25) is 77.1 Å². The number of amides is 4. The second kappa shape index (κ2) is 30.0. The number of pyridine rings is 4. The molecule has 7 aliphatic rings. The molecule has 0 bridgehead atoms. The van der Waals surface area contributed by atoms with Gasteiger partial charge in [0.2, 0.25) is 23.6 Å². The summed E-state index contributed by atoms with van der Waals surface area (Å²) in [6.45, 7) is 2.18. The minimum absolute atomic E-state index is 0.0454. The molecule has 7 aromatic heterocycles. The fourth-order valence-electron chi connectivity index (χ4n) is 19.7. The van der Waals surface area contributed by atoms with E-state index < -0.39 is 76.9 Å². The number of imidazole rings is 2. The summed E-state index contributed by atoms with van der Waals surface area (Å²) < 4.78 is 109. The normalized spacial score (nSPS) is 20.7. The van der Waals surface area contributed by atoms with Gasteiger partial charge >= 0.3 is 11.4 Å². The topological polar surface area (TPSA) is 296 Å². The maximum absolute atomic E-state index is 17.1. The van der Waals surface area contributed by atoms with E-state index in [-0.39, 0.29) is 101 Å². The zero-order valence-electron chi connectivity index (χ0n) is 67.7. The van der Waals surface area contributed by atoms with Crippen LogP contribution in [-0.2, 0) is 71.7 Å². The molecule has 0 radical (unpaired) electrons. The zero-order valence-corrected chi connectivity index (χ0v) is 67.7. The summed E-state index contributed by atoms with van der Waals surface area (Å²) in [6, 6.07) is 20.0. The fourth-order valence-corrected chi connectivity index (χ4v) is 19.7. The highest BCUT2D eigenvalue weighted by Gasteiger charge is 2.63. The molecule has 2 spiro atoms. The number of halogens is 4. The Morgan fingerprint density at radius 2 is 0.983 bits per heavy atom. The molecule has 11 aromatic rings. The van der Waals surface area contributed by atoms with E-state index in [1.165, 1.54) is 55.8 Å². The van der Waals surface area contributed by atoms with Crippen LogP contribution in [0, 0.1) is 10.8 Å². The fraction of sp³-hybridized carbons (Fsp3) is 0.430. The number of nitrogens with one attached hydrogen (secondary N) is 2. The van der Waals surface area contributed by atoms with E-state index in [4.69, 9.17) is 38.8 Å². The number of morpholine rings is 1. The van der Waals surface area contributed by atoms with Gasteiger partial charge in [-0.15, -0.1) is 0 Å². The number of fused-ring (bicyclic) bond motifs is 4. The Morgan fingerprint density at radius 1 is 0.508 bits per heavy atom. The number of anilines is 3. The summed E-state index contributed by atoms with van der Waals surface area (Å²) in [4.78, 5) is 124. The van der Waals surface area contributed by atoms with Crippen molar-refractivity contribution >= 4 is 84.4 Å². The second-order valence-corrected chi connectivity index (χ2v) is 33.1. The van der Waals surface area contributed by atoms with Crippen molar-refractivity contribution < 1.29 is 60.4 Å². The largest absolute Gasteiger partial charge is 0.496 e. The van der Waals surface area contributed by atoms with Crippen LogP contribution < -0.4 is 66.8 Å². The molecule has 120 heavy (non-hydrogen) atoms. The number of hydrogen-bond acceptors (Lipinski definition) is 21. The number of carbonyl (C=O) groups is 4. The maximum Gasteiger partial charge on any atom is 0.329 e.